The molecule has 0 bridgehead atoms. The van der Waals surface area contributed by atoms with E-state index in [0.29, 0.717) is 0 Å². The molecule has 0 spiro atoms. The number of hydrogen-bond acceptors (Lipinski definition) is 4. The second-order valence-electron chi connectivity index (χ2n) is 5.57. The van der Waals surface area contributed by atoms with Gasteiger partial charge in [0.15, 0.2) is 0 Å². The van der Waals surface area contributed by atoms with Crippen LogP contribution in [0, 0.1) is 0 Å². The first-order valence-corrected chi connectivity index (χ1v) is 8.65. The molecule has 0 N–H and O–H groups in total. The second-order valence-corrected chi connectivity index (χ2v) is 6.52. The first-order valence-electron chi connectivity index (χ1n) is 7.77. The molecule has 0 saturated carbocycles. The Morgan fingerprint density at radius 3 is 2.77 bits per heavy atom. The van der Waals surface area contributed by atoms with Crippen LogP contribution < -0.4 is 0 Å². The van der Waals surface area contributed by atoms with Gasteiger partial charge < -0.3 is 9.80 Å². The van der Waals surface area contributed by atoms with Crippen molar-refractivity contribution in [1.82, 2.24) is 14.8 Å². The minimum Gasteiger partial charge on any atom is -0.337 e. The standard InChI is InChI=1S/C17H21N3OS/c21-17(16-3-1-14-22-16)20-10-2-9-19(12-13-20)11-6-15-4-7-18-8-5-15/h1,3-5,7-8,14H,2,6,9-13H2. The number of nitrogens with zero attached hydrogens (tertiary/aromatic N) is 3. The van der Waals surface area contributed by atoms with Crippen molar-refractivity contribution in [3.8, 4) is 0 Å². The summed E-state index contributed by atoms with van der Waals surface area (Å²) in [6, 6.07) is 8.00. The van der Waals surface area contributed by atoms with E-state index in [1.165, 1.54) is 16.9 Å². The Morgan fingerprint density at radius 1 is 1.14 bits per heavy atom. The minimum absolute atomic E-state index is 0.186. The molecule has 22 heavy (non-hydrogen) atoms. The van der Waals surface area contributed by atoms with Crippen LogP contribution in [-0.4, -0.2) is 53.4 Å². The minimum atomic E-state index is 0.186. The summed E-state index contributed by atoms with van der Waals surface area (Å²) in [6.45, 7) is 4.77. The SMILES string of the molecule is O=C(c1cccs1)N1CCCN(CCc2ccncc2)CC1. The van der Waals surface area contributed by atoms with Gasteiger partial charge in [-0.15, -0.1) is 11.3 Å². The number of hydrogen-bond donors (Lipinski definition) is 0. The number of carbonyl (C=O) groups excluding carboxylic acids is 1. The first-order chi connectivity index (χ1) is 10.8. The highest BCUT2D eigenvalue weighted by Gasteiger charge is 2.20. The molecule has 1 fully saturated rings. The largest absolute Gasteiger partial charge is 0.337 e. The topological polar surface area (TPSA) is 36.4 Å². The molecule has 0 atom stereocenters. The molecular formula is C17H21N3OS. The summed E-state index contributed by atoms with van der Waals surface area (Å²) in [5.41, 5.74) is 1.32. The van der Waals surface area contributed by atoms with Gasteiger partial charge in [0, 0.05) is 38.6 Å². The fraction of sp³-hybridized carbons (Fsp3) is 0.412. The molecule has 0 unspecified atom stereocenters. The lowest BCUT2D eigenvalue weighted by atomic mass is 10.2. The summed E-state index contributed by atoms with van der Waals surface area (Å²) < 4.78 is 0. The fourth-order valence-electron chi connectivity index (χ4n) is 2.79. The van der Waals surface area contributed by atoms with Crippen LogP contribution in [0.4, 0.5) is 0 Å². The predicted octanol–water partition coefficient (Wildman–Crippen LogP) is 2.53. The smallest absolute Gasteiger partial charge is 0.263 e. The number of thiophene rings is 1. The maximum Gasteiger partial charge on any atom is 0.263 e. The van der Waals surface area contributed by atoms with Gasteiger partial charge in [0.25, 0.3) is 5.91 Å². The summed E-state index contributed by atoms with van der Waals surface area (Å²) >= 11 is 1.53. The van der Waals surface area contributed by atoms with E-state index in [4.69, 9.17) is 0 Å². The maximum absolute atomic E-state index is 12.4. The Morgan fingerprint density at radius 2 is 2.00 bits per heavy atom. The lowest BCUT2D eigenvalue weighted by Crippen LogP contribution is -2.35. The van der Waals surface area contributed by atoms with Gasteiger partial charge >= 0.3 is 0 Å². The predicted molar refractivity (Wildman–Crippen MR) is 89.2 cm³/mol. The van der Waals surface area contributed by atoms with Crippen LogP contribution in [0.2, 0.25) is 0 Å². The van der Waals surface area contributed by atoms with E-state index in [1.807, 2.05) is 34.8 Å². The Labute approximate surface area is 135 Å². The number of aromatic nitrogens is 1. The fourth-order valence-corrected chi connectivity index (χ4v) is 3.48. The van der Waals surface area contributed by atoms with E-state index in [9.17, 15) is 4.79 Å². The van der Waals surface area contributed by atoms with Crippen LogP contribution in [-0.2, 0) is 6.42 Å². The molecule has 2 aromatic heterocycles. The third kappa shape index (κ3) is 3.93. The summed E-state index contributed by atoms with van der Waals surface area (Å²) in [6.07, 6.45) is 5.78. The van der Waals surface area contributed by atoms with E-state index in [-0.39, 0.29) is 5.91 Å². The van der Waals surface area contributed by atoms with Gasteiger partial charge in [-0.05, 0) is 48.5 Å². The third-order valence-corrected chi connectivity index (χ3v) is 4.93. The summed E-state index contributed by atoms with van der Waals surface area (Å²) in [7, 11) is 0. The lowest BCUT2D eigenvalue weighted by Gasteiger charge is -2.21. The number of amides is 1. The van der Waals surface area contributed by atoms with Crippen molar-refractivity contribution >= 4 is 17.2 Å². The molecule has 1 aliphatic heterocycles. The second kappa shape index (κ2) is 7.51. The van der Waals surface area contributed by atoms with Gasteiger partial charge in [-0.3, -0.25) is 9.78 Å². The van der Waals surface area contributed by atoms with E-state index < -0.39 is 0 Å². The van der Waals surface area contributed by atoms with Crippen molar-refractivity contribution in [3.63, 3.8) is 0 Å². The van der Waals surface area contributed by atoms with E-state index in [1.54, 1.807) is 0 Å². The molecule has 2 aromatic rings. The van der Waals surface area contributed by atoms with Gasteiger partial charge in [0.2, 0.25) is 0 Å². The molecule has 5 heteroatoms. The number of carbonyl (C=O) groups is 1. The highest BCUT2D eigenvalue weighted by Crippen LogP contribution is 2.14. The van der Waals surface area contributed by atoms with Crippen LogP contribution in [0.5, 0.6) is 0 Å². The molecule has 4 nitrogen and oxygen atoms in total. The molecule has 0 radical (unpaired) electrons. The van der Waals surface area contributed by atoms with Crippen LogP contribution in [0.15, 0.2) is 42.0 Å². The monoisotopic (exact) mass is 315 g/mol. The number of rotatable bonds is 4. The molecule has 3 heterocycles. The van der Waals surface area contributed by atoms with Crippen molar-refractivity contribution in [3.05, 3.63) is 52.5 Å². The molecule has 116 valence electrons. The van der Waals surface area contributed by atoms with Crippen LogP contribution >= 0.6 is 11.3 Å². The van der Waals surface area contributed by atoms with Crippen molar-refractivity contribution in [2.75, 3.05) is 32.7 Å². The van der Waals surface area contributed by atoms with E-state index >= 15 is 0 Å². The lowest BCUT2D eigenvalue weighted by molar-refractivity contribution is 0.0766. The Kier molecular flexibility index (Phi) is 5.19. The van der Waals surface area contributed by atoms with Gasteiger partial charge in [-0.2, -0.15) is 0 Å². The van der Waals surface area contributed by atoms with Crippen LogP contribution in [0.3, 0.4) is 0 Å². The van der Waals surface area contributed by atoms with Gasteiger partial charge in [0.05, 0.1) is 4.88 Å². The van der Waals surface area contributed by atoms with Gasteiger partial charge in [-0.1, -0.05) is 6.07 Å². The zero-order chi connectivity index (χ0) is 15.2. The molecule has 1 amide bonds. The summed E-state index contributed by atoms with van der Waals surface area (Å²) in [5.74, 6) is 0.186. The highest BCUT2D eigenvalue weighted by molar-refractivity contribution is 7.12. The highest BCUT2D eigenvalue weighted by atomic mass is 32.1. The van der Waals surface area contributed by atoms with E-state index in [0.717, 1.165) is 50.4 Å². The van der Waals surface area contributed by atoms with Gasteiger partial charge in [0.1, 0.15) is 0 Å². The van der Waals surface area contributed by atoms with Gasteiger partial charge in [-0.25, -0.2) is 0 Å². The Balaban J connectivity index is 1.50. The molecule has 3 rings (SSSR count). The third-order valence-electron chi connectivity index (χ3n) is 4.07. The van der Waals surface area contributed by atoms with Crippen molar-refractivity contribution in [2.45, 2.75) is 12.8 Å². The van der Waals surface area contributed by atoms with Crippen LogP contribution in [0.25, 0.3) is 0 Å². The summed E-state index contributed by atoms with van der Waals surface area (Å²) in [4.78, 5) is 21.8. The maximum atomic E-state index is 12.4. The average Bonchev–Trinajstić information content (AvgIpc) is 2.99. The Hall–Kier alpha value is -1.72. The normalized spacial score (nSPS) is 16.5. The number of pyridine rings is 1. The van der Waals surface area contributed by atoms with E-state index in [2.05, 4.69) is 22.0 Å². The zero-order valence-electron chi connectivity index (χ0n) is 12.6. The quantitative estimate of drug-likeness (QED) is 0.870. The summed E-state index contributed by atoms with van der Waals surface area (Å²) in [5, 5.41) is 1.96. The molecular weight excluding hydrogens is 294 g/mol. The molecule has 1 saturated heterocycles. The van der Waals surface area contributed by atoms with Crippen molar-refractivity contribution < 1.29 is 4.79 Å². The first kappa shape index (κ1) is 15.2. The molecule has 0 aromatic carbocycles. The Bertz CT molecular complexity index is 585. The van der Waals surface area contributed by atoms with Crippen LogP contribution in [0.1, 0.15) is 21.7 Å². The zero-order valence-corrected chi connectivity index (χ0v) is 13.5. The molecule has 1 aliphatic rings. The molecule has 0 aliphatic carbocycles. The van der Waals surface area contributed by atoms with Crippen molar-refractivity contribution in [2.24, 2.45) is 0 Å². The average molecular weight is 315 g/mol. The van der Waals surface area contributed by atoms with Crippen molar-refractivity contribution in [1.29, 1.82) is 0 Å².